The molecule has 0 bridgehead atoms. The topological polar surface area (TPSA) is 78.3 Å². The monoisotopic (exact) mass is 540 g/mol. The van der Waals surface area contributed by atoms with E-state index in [2.05, 4.69) is 10.2 Å². The quantitative estimate of drug-likeness (QED) is 0.302. The highest BCUT2D eigenvalue weighted by Gasteiger charge is 2.24. The third-order valence-corrected chi connectivity index (χ3v) is 7.15. The van der Waals surface area contributed by atoms with E-state index in [4.69, 9.17) is 9.15 Å². The molecule has 1 aliphatic rings. The van der Waals surface area contributed by atoms with E-state index in [9.17, 15) is 9.59 Å². The Morgan fingerprint density at radius 1 is 0.850 bits per heavy atom. The number of amides is 3. The fourth-order valence-electron chi connectivity index (χ4n) is 4.93. The number of urea groups is 1. The molecule has 1 fully saturated rings. The molecule has 208 valence electrons. The average molecular weight is 541 g/mol. The predicted molar refractivity (Wildman–Crippen MR) is 156 cm³/mol. The van der Waals surface area contributed by atoms with Crippen LogP contribution in [-0.2, 0) is 22.6 Å². The number of carbonyl (C=O) groups excluding carboxylic acids is 2. The molecule has 0 spiro atoms. The van der Waals surface area contributed by atoms with Gasteiger partial charge in [0.2, 0.25) is 5.91 Å². The normalized spacial score (nSPS) is 13.7. The summed E-state index contributed by atoms with van der Waals surface area (Å²) in [5.74, 6) is 1.36. The van der Waals surface area contributed by atoms with Crippen molar-refractivity contribution in [3.8, 4) is 0 Å². The lowest BCUT2D eigenvalue weighted by Gasteiger charge is -2.31. The molecular weight excluding hydrogens is 504 g/mol. The summed E-state index contributed by atoms with van der Waals surface area (Å²) < 4.78 is 11.3. The minimum Gasteiger partial charge on any atom is -0.464 e. The maximum Gasteiger partial charge on any atom is 0.322 e. The van der Waals surface area contributed by atoms with Crippen LogP contribution in [0.15, 0.2) is 89.3 Å². The molecule has 0 saturated carbocycles. The zero-order chi connectivity index (χ0) is 27.7. The SMILES string of the molecule is Cc1ccc(CN(Cc2ccccc2)C(=O)CN(CCN2CCOCC2)C(=O)Nc2cccc3ccccc23)o1. The van der Waals surface area contributed by atoms with Crippen molar-refractivity contribution < 1.29 is 18.7 Å². The van der Waals surface area contributed by atoms with Gasteiger partial charge >= 0.3 is 6.03 Å². The number of nitrogens with one attached hydrogen (secondary N) is 1. The number of hydrogen-bond donors (Lipinski definition) is 1. The van der Waals surface area contributed by atoms with Crippen LogP contribution in [0.3, 0.4) is 0 Å². The van der Waals surface area contributed by atoms with Gasteiger partial charge in [-0.05, 0) is 36.1 Å². The first-order valence-corrected chi connectivity index (χ1v) is 13.8. The number of fused-ring (bicyclic) bond motifs is 1. The number of ether oxygens (including phenoxy) is 1. The summed E-state index contributed by atoms with van der Waals surface area (Å²) in [6, 6.07) is 27.1. The number of anilines is 1. The standard InChI is InChI=1S/C32H36N4O4/c1-25-14-15-28(40-25)23-36(22-26-8-3-2-4-9-26)31(37)24-35(17-16-34-18-20-39-21-19-34)32(38)33-30-13-7-11-27-10-5-6-12-29(27)30/h2-15H,16-24H2,1H3,(H,33,38). The number of nitrogens with zero attached hydrogens (tertiary/aromatic N) is 3. The number of aryl methyl sites for hydroxylation is 1. The molecule has 8 nitrogen and oxygen atoms in total. The van der Waals surface area contributed by atoms with Gasteiger partial charge in [0, 0.05) is 38.1 Å². The molecule has 0 aliphatic carbocycles. The number of rotatable bonds is 10. The molecule has 1 N–H and O–H groups in total. The number of carbonyl (C=O) groups is 2. The molecule has 0 radical (unpaired) electrons. The maximum absolute atomic E-state index is 13.8. The Morgan fingerprint density at radius 2 is 1.60 bits per heavy atom. The van der Waals surface area contributed by atoms with Crippen LogP contribution in [-0.4, -0.2) is 72.6 Å². The second kappa shape index (κ2) is 13.3. The number of morpholine rings is 1. The molecular formula is C32H36N4O4. The van der Waals surface area contributed by atoms with Crippen molar-refractivity contribution in [1.29, 1.82) is 0 Å². The molecule has 8 heteroatoms. The minimum absolute atomic E-state index is 0.0482. The van der Waals surface area contributed by atoms with Crippen molar-refractivity contribution >= 4 is 28.4 Å². The fourth-order valence-corrected chi connectivity index (χ4v) is 4.93. The zero-order valence-electron chi connectivity index (χ0n) is 22.9. The van der Waals surface area contributed by atoms with Gasteiger partial charge < -0.3 is 24.3 Å². The Bertz CT molecular complexity index is 1410. The molecule has 40 heavy (non-hydrogen) atoms. The third-order valence-electron chi connectivity index (χ3n) is 7.15. The highest BCUT2D eigenvalue weighted by molar-refractivity contribution is 6.02. The highest BCUT2D eigenvalue weighted by atomic mass is 16.5. The third kappa shape index (κ3) is 7.28. The second-order valence-electron chi connectivity index (χ2n) is 10.1. The van der Waals surface area contributed by atoms with Crippen LogP contribution in [0.4, 0.5) is 10.5 Å². The van der Waals surface area contributed by atoms with Crippen molar-refractivity contribution in [2.45, 2.75) is 20.0 Å². The smallest absolute Gasteiger partial charge is 0.322 e. The molecule has 2 heterocycles. The summed E-state index contributed by atoms with van der Waals surface area (Å²) in [5, 5.41) is 5.07. The van der Waals surface area contributed by atoms with Crippen LogP contribution in [0.25, 0.3) is 10.8 Å². The van der Waals surface area contributed by atoms with E-state index < -0.39 is 0 Å². The molecule has 5 rings (SSSR count). The molecule has 1 aliphatic heterocycles. The molecule has 0 unspecified atom stereocenters. The van der Waals surface area contributed by atoms with E-state index in [0.29, 0.717) is 45.2 Å². The van der Waals surface area contributed by atoms with Gasteiger partial charge in [-0.25, -0.2) is 4.79 Å². The van der Waals surface area contributed by atoms with Gasteiger partial charge in [0.05, 0.1) is 25.4 Å². The van der Waals surface area contributed by atoms with Gasteiger partial charge in [-0.2, -0.15) is 0 Å². The lowest BCUT2D eigenvalue weighted by molar-refractivity contribution is -0.133. The number of hydrogen-bond acceptors (Lipinski definition) is 5. The Morgan fingerprint density at radius 3 is 2.38 bits per heavy atom. The van der Waals surface area contributed by atoms with Gasteiger partial charge in [0.1, 0.15) is 18.1 Å². The summed E-state index contributed by atoms with van der Waals surface area (Å²) in [6.45, 7) is 6.63. The first-order valence-electron chi connectivity index (χ1n) is 13.8. The van der Waals surface area contributed by atoms with Crippen molar-refractivity contribution in [1.82, 2.24) is 14.7 Å². The molecule has 0 atom stereocenters. The van der Waals surface area contributed by atoms with E-state index in [1.54, 1.807) is 9.80 Å². The fraction of sp³-hybridized carbons (Fsp3) is 0.312. The van der Waals surface area contributed by atoms with Crippen LogP contribution in [0, 0.1) is 6.92 Å². The Kier molecular flexibility index (Phi) is 9.11. The number of furan rings is 1. The predicted octanol–water partition coefficient (Wildman–Crippen LogP) is 5.14. The minimum atomic E-state index is -0.300. The van der Waals surface area contributed by atoms with E-state index in [1.165, 1.54) is 0 Å². The molecule has 1 saturated heterocycles. The number of benzene rings is 3. The zero-order valence-corrected chi connectivity index (χ0v) is 22.9. The van der Waals surface area contributed by atoms with Gasteiger partial charge in [0.25, 0.3) is 0 Å². The van der Waals surface area contributed by atoms with Crippen LogP contribution in [0.2, 0.25) is 0 Å². The van der Waals surface area contributed by atoms with E-state index in [1.807, 2.05) is 91.9 Å². The summed E-state index contributed by atoms with van der Waals surface area (Å²) >= 11 is 0. The average Bonchev–Trinajstić information content (AvgIpc) is 3.40. The highest BCUT2D eigenvalue weighted by Crippen LogP contribution is 2.23. The van der Waals surface area contributed by atoms with E-state index in [-0.39, 0.29) is 18.5 Å². The van der Waals surface area contributed by atoms with Crippen molar-refractivity contribution in [2.75, 3.05) is 51.3 Å². The summed E-state index contributed by atoms with van der Waals surface area (Å²) in [6.07, 6.45) is 0. The maximum atomic E-state index is 13.8. The summed E-state index contributed by atoms with van der Waals surface area (Å²) in [7, 11) is 0. The Labute approximate surface area is 235 Å². The van der Waals surface area contributed by atoms with Gasteiger partial charge in [0.15, 0.2) is 0 Å². The van der Waals surface area contributed by atoms with Gasteiger partial charge in [-0.3, -0.25) is 9.69 Å². The summed E-state index contributed by atoms with van der Waals surface area (Å²) in [4.78, 5) is 33.1. The first-order chi connectivity index (χ1) is 19.5. The van der Waals surface area contributed by atoms with Crippen LogP contribution >= 0.6 is 0 Å². The van der Waals surface area contributed by atoms with Crippen LogP contribution in [0.1, 0.15) is 17.1 Å². The largest absolute Gasteiger partial charge is 0.464 e. The van der Waals surface area contributed by atoms with Gasteiger partial charge in [-0.1, -0.05) is 66.7 Å². The lowest BCUT2D eigenvalue weighted by Crippen LogP contribution is -2.48. The van der Waals surface area contributed by atoms with Crippen molar-refractivity contribution in [2.24, 2.45) is 0 Å². The Hall–Kier alpha value is -4.14. The van der Waals surface area contributed by atoms with Crippen molar-refractivity contribution in [3.63, 3.8) is 0 Å². The van der Waals surface area contributed by atoms with Crippen molar-refractivity contribution in [3.05, 3.63) is 102 Å². The van der Waals surface area contributed by atoms with E-state index in [0.717, 1.165) is 40.9 Å². The lowest BCUT2D eigenvalue weighted by atomic mass is 10.1. The first kappa shape index (κ1) is 27.4. The molecule has 4 aromatic rings. The summed E-state index contributed by atoms with van der Waals surface area (Å²) in [5.41, 5.74) is 1.73. The van der Waals surface area contributed by atoms with Crippen LogP contribution in [0.5, 0.6) is 0 Å². The molecule has 1 aromatic heterocycles. The Balaban J connectivity index is 1.35. The second-order valence-corrected chi connectivity index (χ2v) is 10.1. The van der Waals surface area contributed by atoms with E-state index >= 15 is 0 Å². The molecule has 3 aromatic carbocycles. The molecule has 3 amide bonds. The van der Waals surface area contributed by atoms with Crippen LogP contribution < -0.4 is 5.32 Å². The van der Waals surface area contributed by atoms with Gasteiger partial charge in [-0.15, -0.1) is 0 Å².